The summed E-state index contributed by atoms with van der Waals surface area (Å²) in [5.41, 5.74) is 5.51. The molecule has 1 aliphatic heterocycles. The fraction of sp³-hybridized carbons (Fsp3) is 0.636. The molecule has 0 amide bonds. The van der Waals surface area contributed by atoms with E-state index in [9.17, 15) is 4.79 Å². The minimum Gasteiger partial charge on any atom is -0.351 e. The fourth-order valence-electron chi connectivity index (χ4n) is 2.45. The maximum Gasteiger partial charge on any atom is 0.271 e. The molecule has 1 aromatic rings. The number of nitrogens with zero attached hydrogens (tertiary/aromatic N) is 2. The summed E-state index contributed by atoms with van der Waals surface area (Å²) in [6.45, 7) is 3.57. The van der Waals surface area contributed by atoms with Crippen molar-refractivity contribution in [3.05, 3.63) is 21.7 Å². The van der Waals surface area contributed by atoms with Gasteiger partial charge in [-0.2, -0.15) is 0 Å². The number of anilines is 1. The lowest BCUT2D eigenvalue weighted by Gasteiger charge is -2.40. The Morgan fingerprint density at radius 1 is 1.71 bits per heavy atom. The van der Waals surface area contributed by atoms with Crippen molar-refractivity contribution < 1.29 is 0 Å². The zero-order chi connectivity index (χ0) is 12.4. The Kier molecular flexibility index (Phi) is 3.69. The Labute approximate surface area is 105 Å². The molecule has 2 rings (SSSR count). The molecule has 94 valence electrons. The smallest absolute Gasteiger partial charge is 0.271 e. The van der Waals surface area contributed by atoms with Crippen LogP contribution in [0.4, 0.5) is 5.82 Å². The third-order valence-electron chi connectivity index (χ3n) is 3.41. The van der Waals surface area contributed by atoms with E-state index in [0.29, 0.717) is 18.3 Å². The van der Waals surface area contributed by atoms with E-state index in [1.165, 1.54) is 6.33 Å². The van der Waals surface area contributed by atoms with Crippen molar-refractivity contribution in [2.75, 3.05) is 18.0 Å². The van der Waals surface area contributed by atoms with E-state index in [2.05, 4.69) is 21.8 Å². The van der Waals surface area contributed by atoms with E-state index >= 15 is 0 Å². The van der Waals surface area contributed by atoms with Gasteiger partial charge < -0.3 is 15.6 Å². The van der Waals surface area contributed by atoms with Crippen LogP contribution in [0.25, 0.3) is 0 Å². The lowest BCUT2D eigenvalue weighted by Crippen LogP contribution is -2.49. The largest absolute Gasteiger partial charge is 0.351 e. The number of nitrogens with one attached hydrogen (secondary N) is 1. The predicted molar refractivity (Wildman–Crippen MR) is 68.5 cm³/mol. The molecule has 1 aliphatic rings. The van der Waals surface area contributed by atoms with E-state index in [0.717, 1.165) is 19.4 Å². The lowest BCUT2D eigenvalue weighted by molar-refractivity contribution is 0.348. The van der Waals surface area contributed by atoms with Gasteiger partial charge in [0.25, 0.3) is 5.56 Å². The van der Waals surface area contributed by atoms with Gasteiger partial charge in [-0.25, -0.2) is 4.98 Å². The standard InChI is InChI=1S/C11H17ClN4O/c1-7-3-2-4-16(8(7)5-13)10-9(12)11(17)15-6-14-10/h6-8H,2-5,13H2,1H3,(H,14,15,17). The molecule has 3 N–H and O–H groups in total. The summed E-state index contributed by atoms with van der Waals surface area (Å²) in [4.78, 5) is 20.2. The van der Waals surface area contributed by atoms with Crippen LogP contribution >= 0.6 is 11.6 Å². The van der Waals surface area contributed by atoms with Crippen molar-refractivity contribution in [3.63, 3.8) is 0 Å². The highest BCUT2D eigenvalue weighted by Gasteiger charge is 2.29. The predicted octanol–water partition coefficient (Wildman–Crippen LogP) is 0.987. The maximum absolute atomic E-state index is 11.5. The molecule has 0 spiro atoms. The molecule has 0 radical (unpaired) electrons. The van der Waals surface area contributed by atoms with Gasteiger partial charge in [-0.05, 0) is 18.8 Å². The number of hydrogen-bond acceptors (Lipinski definition) is 4. The number of rotatable bonds is 2. The first kappa shape index (κ1) is 12.4. The summed E-state index contributed by atoms with van der Waals surface area (Å²) in [6.07, 6.45) is 3.61. The molecule has 6 heteroatoms. The van der Waals surface area contributed by atoms with E-state index in [1.807, 2.05) is 0 Å². The molecule has 1 aromatic heterocycles. The Hall–Kier alpha value is -1.07. The molecule has 0 aromatic carbocycles. The normalized spacial score (nSPS) is 25.0. The number of hydrogen-bond donors (Lipinski definition) is 2. The van der Waals surface area contributed by atoms with Crippen molar-refractivity contribution >= 4 is 17.4 Å². The van der Waals surface area contributed by atoms with E-state index < -0.39 is 0 Å². The van der Waals surface area contributed by atoms with Crippen LogP contribution in [0.1, 0.15) is 19.8 Å². The number of aromatic nitrogens is 2. The molecule has 1 fully saturated rings. The maximum atomic E-state index is 11.5. The van der Waals surface area contributed by atoms with Crippen LogP contribution in [0.2, 0.25) is 5.02 Å². The second-order valence-corrected chi connectivity index (χ2v) is 4.86. The first-order valence-corrected chi connectivity index (χ1v) is 6.23. The Bertz CT molecular complexity index is 447. The molecule has 2 atom stereocenters. The summed E-state index contributed by atoms with van der Waals surface area (Å²) >= 11 is 6.01. The molecule has 17 heavy (non-hydrogen) atoms. The van der Waals surface area contributed by atoms with Crippen molar-refractivity contribution in [1.82, 2.24) is 9.97 Å². The van der Waals surface area contributed by atoms with Crippen molar-refractivity contribution in [2.45, 2.75) is 25.8 Å². The molecule has 0 bridgehead atoms. The minimum atomic E-state index is -0.300. The number of piperidine rings is 1. The first-order chi connectivity index (χ1) is 8.15. The van der Waals surface area contributed by atoms with Crippen LogP contribution in [-0.2, 0) is 0 Å². The van der Waals surface area contributed by atoms with Gasteiger partial charge in [0, 0.05) is 19.1 Å². The topological polar surface area (TPSA) is 75.0 Å². The molecule has 0 saturated carbocycles. The summed E-state index contributed by atoms with van der Waals surface area (Å²) in [7, 11) is 0. The summed E-state index contributed by atoms with van der Waals surface area (Å²) < 4.78 is 0. The number of halogens is 1. The second kappa shape index (κ2) is 5.06. The number of H-pyrrole nitrogens is 1. The quantitative estimate of drug-likeness (QED) is 0.827. The van der Waals surface area contributed by atoms with Crippen LogP contribution in [0.5, 0.6) is 0 Å². The van der Waals surface area contributed by atoms with Crippen LogP contribution < -0.4 is 16.2 Å². The molecule has 5 nitrogen and oxygen atoms in total. The zero-order valence-electron chi connectivity index (χ0n) is 9.82. The third kappa shape index (κ3) is 2.30. The van der Waals surface area contributed by atoms with Gasteiger partial charge in [0.05, 0.1) is 6.33 Å². The third-order valence-corrected chi connectivity index (χ3v) is 3.75. The van der Waals surface area contributed by atoms with Gasteiger partial charge in [-0.3, -0.25) is 4.79 Å². The summed E-state index contributed by atoms with van der Waals surface area (Å²) in [5, 5.41) is 0.153. The van der Waals surface area contributed by atoms with Crippen molar-refractivity contribution in [3.8, 4) is 0 Å². The highest BCUT2D eigenvalue weighted by atomic mass is 35.5. The van der Waals surface area contributed by atoms with Crippen LogP contribution in [0.3, 0.4) is 0 Å². The van der Waals surface area contributed by atoms with Crippen LogP contribution in [0.15, 0.2) is 11.1 Å². The summed E-state index contributed by atoms with van der Waals surface area (Å²) in [6, 6.07) is 0.204. The van der Waals surface area contributed by atoms with E-state index in [-0.39, 0.29) is 16.6 Å². The molecule has 2 unspecified atom stereocenters. The van der Waals surface area contributed by atoms with Crippen LogP contribution in [-0.4, -0.2) is 29.1 Å². The van der Waals surface area contributed by atoms with Gasteiger partial charge in [0.1, 0.15) is 5.02 Å². The number of aromatic amines is 1. The van der Waals surface area contributed by atoms with Gasteiger partial charge >= 0.3 is 0 Å². The highest BCUT2D eigenvalue weighted by molar-refractivity contribution is 6.32. The Morgan fingerprint density at radius 2 is 2.47 bits per heavy atom. The van der Waals surface area contributed by atoms with Crippen molar-refractivity contribution in [1.29, 1.82) is 0 Å². The second-order valence-electron chi connectivity index (χ2n) is 4.49. The van der Waals surface area contributed by atoms with E-state index in [1.54, 1.807) is 0 Å². The first-order valence-electron chi connectivity index (χ1n) is 5.85. The van der Waals surface area contributed by atoms with Gasteiger partial charge in [-0.1, -0.05) is 18.5 Å². The minimum absolute atomic E-state index is 0.153. The Balaban J connectivity index is 2.37. The molecule has 0 aliphatic carbocycles. The average Bonchev–Trinajstić information content (AvgIpc) is 2.32. The monoisotopic (exact) mass is 256 g/mol. The van der Waals surface area contributed by atoms with Gasteiger partial charge in [0.15, 0.2) is 5.82 Å². The molecule has 1 saturated heterocycles. The molecular formula is C11H17ClN4O. The van der Waals surface area contributed by atoms with E-state index in [4.69, 9.17) is 17.3 Å². The van der Waals surface area contributed by atoms with Crippen molar-refractivity contribution in [2.24, 2.45) is 11.7 Å². The number of nitrogens with two attached hydrogens (primary N) is 1. The SMILES string of the molecule is CC1CCCN(c2nc[nH]c(=O)c2Cl)C1CN. The lowest BCUT2D eigenvalue weighted by atomic mass is 9.91. The highest BCUT2D eigenvalue weighted by Crippen LogP contribution is 2.29. The molecular weight excluding hydrogens is 240 g/mol. The average molecular weight is 257 g/mol. The summed E-state index contributed by atoms with van der Waals surface area (Å²) in [5.74, 6) is 1.04. The Morgan fingerprint density at radius 3 is 3.18 bits per heavy atom. The molecule has 2 heterocycles. The van der Waals surface area contributed by atoms with Gasteiger partial charge in [0.2, 0.25) is 0 Å². The van der Waals surface area contributed by atoms with Crippen LogP contribution in [0, 0.1) is 5.92 Å². The van der Waals surface area contributed by atoms with Gasteiger partial charge in [-0.15, -0.1) is 0 Å². The zero-order valence-corrected chi connectivity index (χ0v) is 10.6. The fourth-order valence-corrected chi connectivity index (χ4v) is 2.66.